The van der Waals surface area contributed by atoms with Crippen molar-refractivity contribution in [2.75, 3.05) is 0 Å². The van der Waals surface area contributed by atoms with E-state index in [-0.39, 0.29) is 11.9 Å². The average Bonchev–Trinajstić information content (AvgIpc) is 2.27. The molecule has 17 heavy (non-hydrogen) atoms. The van der Waals surface area contributed by atoms with Gasteiger partial charge in [0.1, 0.15) is 5.60 Å². The number of carbonyl (C=O) groups is 1. The molecular weight excluding hydrogens is 214 g/mol. The lowest BCUT2D eigenvalue weighted by atomic mass is 9.63. The van der Waals surface area contributed by atoms with Crippen LogP contribution < -0.4 is 5.32 Å². The molecule has 0 spiro atoms. The van der Waals surface area contributed by atoms with E-state index in [2.05, 4.69) is 5.32 Å². The maximum Gasteiger partial charge on any atom is 0.217 e. The Bertz CT molecular complexity index is 426. The molecule has 0 aromatic heterocycles. The molecule has 3 nitrogen and oxygen atoms in total. The molecule has 1 fully saturated rings. The molecule has 2 rings (SSSR count). The summed E-state index contributed by atoms with van der Waals surface area (Å²) >= 11 is 0. The molecule has 1 aliphatic rings. The van der Waals surface area contributed by atoms with Crippen LogP contribution >= 0.6 is 0 Å². The monoisotopic (exact) mass is 233 g/mol. The molecule has 92 valence electrons. The zero-order valence-electron chi connectivity index (χ0n) is 10.5. The fourth-order valence-electron chi connectivity index (χ4n) is 2.67. The van der Waals surface area contributed by atoms with Gasteiger partial charge in [0.15, 0.2) is 0 Å². The van der Waals surface area contributed by atoms with E-state index in [1.165, 1.54) is 12.5 Å². The second-order valence-corrected chi connectivity index (χ2v) is 5.15. The minimum atomic E-state index is -0.904. The van der Waals surface area contributed by atoms with Crippen LogP contribution in [-0.4, -0.2) is 17.1 Å². The first-order chi connectivity index (χ1) is 7.93. The van der Waals surface area contributed by atoms with Crippen molar-refractivity contribution in [1.29, 1.82) is 0 Å². The Morgan fingerprint density at radius 2 is 2.00 bits per heavy atom. The number of nitrogens with one attached hydrogen (secondary N) is 1. The van der Waals surface area contributed by atoms with Gasteiger partial charge in [-0.25, -0.2) is 0 Å². The number of hydrogen-bond acceptors (Lipinski definition) is 2. The largest absolute Gasteiger partial charge is 0.383 e. The molecule has 1 amide bonds. The summed E-state index contributed by atoms with van der Waals surface area (Å²) in [4.78, 5) is 11.1. The second-order valence-electron chi connectivity index (χ2n) is 5.15. The highest BCUT2D eigenvalue weighted by Gasteiger charge is 2.52. The second kappa shape index (κ2) is 4.15. The van der Waals surface area contributed by atoms with Gasteiger partial charge in [-0.1, -0.05) is 36.8 Å². The quantitative estimate of drug-likeness (QED) is 0.817. The number of rotatable bonds is 2. The molecule has 3 atom stereocenters. The van der Waals surface area contributed by atoms with Crippen LogP contribution in [0, 0.1) is 12.8 Å². The molecule has 1 saturated carbocycles. The summed E-state index contributed by atoms with van der Waals surface area (Å²) in [6.07, 6.45) is 0.695. The van der Waals surface area contributed by atoms with Crippen molar-refractivity contribution in [3.63, 3.8) is 0 Å². The Balaban J connectivity index is 2.24. The number of amides is 1. The molecule has 0 unspecified atom stereocenters. The van der Waals surface area contributed by atoms with E-state index in [9.17, 15) is 9.90 Å². The van der Waals surface area contributed by atoms with Crippen LogP contribution in [0.25, 0.3) is 0 Å². The summed E-state index contributed by atoms with van der Waals surface area (Å²) in [7, 11) is 0. The first-order valence-corrected chi connectivity index (χ1v) is 6.00. The predicted molar refractivity (Wildman–Crippen MR) is 66.5 cm³/mol. The Labute approximate surface area is 102 Å². The van der Waals surface area contributed by atoms with Crippen molar-refractivity contribution in [2.24, 2.45) is 5.92 Å². The molecular formula is C14H19NO2. The zero-order valence-corrected chi connectivity index (χ0v) is 10.5. The van der Waals surface area contributed by atoms with Crippen LogP contribution in [0.4, 0.5) is 0 Å². The molecule has 1 aromatic carbocycles. The van der Waals surface area contributed by atoms with Gasteiger partial charge in [0.2, 0.25) is 5.91 Å². The molecule has 0 aliphatic heterocycles. The summed E-state index contributed by atoms with van der Waals surface area (Å²) in [6.45, 7) is 5.55. The van der Waals surface area contributed by atoms with Crippen molar-refractivity contribution >= 4 is 5.91 Å². The number of benzene rings is 1. The van der Waals surface area contributed by atoms with Crippen LogP contribution in [0.5, 0.6) is 0 Å². The van der Waals surface area contributed by atoms with Crippen LogP contribution in [-0.2, 0) is 10.4 Å². The Morgan fingerprint density at radius 3 is 2.47 bits per heavy atom. The first-order valence-electron chi connectivity index (χ1n) is 6.00. The fraction of sp³-hybridized carbons (Fsp3) is 0.500. The third kappa shape index (κ3) is 2.07. The smallest absolute Gasteiger partial charge is 0.217 e. The van der Waals surface area contributed by atoms with Gasteiger partial charge in [0.25, 0.3) is 0 Å². The zero-order chi connectivity index (χ0) is 12.6. The van der Waals surface area contributed by atoms with Crippen molar-refractivity contribution < 1.29 is 9.90 Å². The lowest BCUT2D eigenvalue weighted by Crippen LogP contribution is -2.62. The minimum absolute atomic E-state index is 0.0907. The van der Waals surface area contributed by atoms with Gasteiger partial charge in [-0.05, 0) is 24.8 Å². The maximum absolute atomic E-state index is 11.1. The highest BCUT2D eigenvalue weighted by Crippen LogP contribution is 2.45. The van der Waals surface area contributed by atoms with Gasteiger partial charge in [-0.3, -0.25) is 4.79 Å². The molecule has 0 bridgehead atoms. The van der Waals surface area contributed by atoms with E-state index in [1.54, 1.807) is 0 Å². The molecule has 2 N–H and O–H groups in total. The topological polar surface area (TPSA) is 49.3 Å². The average molecular weight is 233 g/mol. The number of aryl methyl sites for hydroxylation is 1. The third-order valence-corrected chi connectivity index (χ3v) is 3.63. The Hall–Kier alpha value is -1.35. The van der Waals surface area contributed by atoms with E-state index >= 15 is 0 Å². The fourth-order valence-corrected chi connectivity index (χ4v) is 2.67. The molecule has 3 heteroatoms. The predicted octanol–water partition coefficient (Wildman–Crippen LogP) is 1.73. The van der Waals surface area contributed by atoms with E-state index < -0.39 is 5.60 Å². The summed E-state index contributed by atoms with van der Waals surface area (Å²) in [5.74, 6) is 0.220. The van der Waals surface area contributed by atoms with Crippen LogP contribution in [0.2, 0.25) is 0 Å². The normalized spacial score (nSPS) is 31.8. The van der Waals surface area contributed by atoms with Crippen LogP contribution in [0.3, 0.4) is 0 Å². The Kier molecular flexibility index (Phi) is 2.96. The number of aliphatic hydroxyl groups is 1. The Morgan fingerprint density at radius 1 is 1.41 bits per heavy atom. The maximum atomic E-state index is 11.1. The summed E-state index contributed by atoms with van der Waals surface area (Å²) < 4.78 is 0. The van der Waals surface area contributed by atoms with Gasteiger partial charge < -0.3 is 10.4 Å². The van der Waals surface area contributed by atoms with Crippen molar-refractivity contribution in [3.8, 4) is 0 Å². The van der Waals surface area contributed by atoms with Gasteiger partial charge in [-0.15, -0.1) is 0 Å². The minimum Gasteiger partial charge on any atom is -0.383 e. The molecule has 1 aromatic rings. The van der Waals surface area contributed by atoms with Crippen LogP contribution in [0.15, 0.2) is 24.3 Å². The van der Waals surface area contributed by atoms with E-state index in [1.807, 2.05) is 38.1 Å². The summed E-state index contributed by atoms with van der Waals surface area (Å²) in [6, 6.07) is 7.68. The molecule has 1 aliphatic carbocycles. The van der Waals surface area contributed by atoms with Crippen molar-refractivity contribution in [1.82, 2.24) is 5.32 Å². The van der Waals surface area contributed by atoms with E-state index in [4.69, 9.17) is 0 Å². The summed E-state index contributed by atoms with van der Waals surface area (Å²) in [5, 5.41) is 13.5. The SMILES string of the molecule is CC(=O)N[C@@H]1[C@@H](C)C[C@@]1(O)c1ccc(C)cc1. The van der Waals surface area contributed by atoms with Crippen molar-refractivity contribution in [3.05, 3.63) is 35.4 Å². The van der Waals surface area contributed by atoms with Gasteiger partial charge in [0, 0.05) is 6.92 Å². The standard InChI is InChI=1S/C14H19NO2/c1-9-4-6-12(7-5-9)14(17)8-10(2)13(14)15-11(3)16/h4-7,10,13,17H,8H2,1-3H3,(H,15,16)/t10-,13+,14+/m0/s1. The third-order valence-electron chi connectivity index (χ3n) is 3.63. The highest BCUT2D eigenvalue weighted by molar-refractivity contribution is 5.73. The highest BCUT2D eigenvalue weighted by atomic mass is 16.3. The lowest BCUT2D eigenvalue weighted by molar-refractivity contribution is -0.137. The first kappa shape index (κ1) is 12.1. The molecule has 0 heterocycles. The van der Waals surface area contributed by atoms with Gasteiger partial charge in [-0.2, -0.15) is 0 Å². The van der Waals surface area contributed by atoms with Gasteiger partial charge >= 0.3 is 0 Å². The summed E-state index contributed by atoms with van der Waals surface area (Å²) in [5.41, 5.74) is 1.15. The van der Waals surface area contributed by atoms with Crippen LogP contribution in [0.1, 0.15) is 31.4 Å². The number of hydrogen-bond donors (Lipinski definition) is 2. The van der Waals surface area contributed by atoms with Gasteiger partial charge in [0.05, 0.1) is 6.04 Å². The molecule has 0 radical (unpaired) electrons. The van der Waals surface area contributed by atoms with E-state index in [0.29, 0.717) is 12.3 Å². The number of carbonyl (C=O) groups excluding carboxylic acids is 1. The van der Waals surface area contributed by atoms with Crippen molar-refractivity contribution in [2.45, 2.75) is 38.8 Å². The lowest BCUT2D eigenvalue weighted by Gasteiger charge is -2.51. The molecule has 0 saturated heterocycles. The van der Waals surface area contributed by atoms with E-state index in [0.717, 1.165) is 5.56 Å².